The van der Waals surface area contributed by atoms with Crippen LogP contribution in [0.25, 0.3) is 0 Å². The molecular weight excluding hydrogens is 278 g/mol. The molecule has 0 saturated carbocycles. The molecule has 1 rings (SSSR count). The molecular formula is C14H24F2N4O. The Morgan fingerprint density at radius 1 is 1.10 bits per heavy atom. The van der Waals surface area contributed by atoms with Crippen LogP contribution in [0.4, 0.5) is 20.4 Å². The molecule has 0 amide bonds. The first kappa shape index (κ1) is 17.6. The topological polar surface area (TPSA) is 70.1 Å². The van der Waals surface area contributed by atoms with E-state index in [4.69, 9.17) is 0 Å². The molecule has 3 N–H and O–H groups in total. The van der Waals surface area contributed by atoms with Crippen molar-refractivity contribution < 1.29 is 13.9 Å². The molecule has 0 bridgehead atoms. The smallest absolute Gasteiger partial charge is 0.265 e. The zero-order chi connectivity index (χ0) is 15.8. The number of halogens is 2. The van der Waals surface area contributed by atoms with Crippen LogP contribution in [0, 0.1) is 6.92 Å². The second kappa shape index (κ2) is 8.71. The lowest BCUT2D eigenvalue weighted by molar-refractivity contribution is 0.00380. The molecule has 0 aromatic carbocycles. The molecule has 0 fully saturated rings. The number of aliphatic hydroxyl groups is 1. The van der Waals surface area contributed by atoms with Gasteiger partial charge in [0, 0.05) is 25.1 Å². The van der Waals surface area contributed by atoms with Gasteiger partial charge in [0.05, 0.1) is 0 Å². The van der Waals surface area contributed by atoms with Gasteiger partial charge in [-0.05, 0) is 19.8 Å². The molecule has 0 spiro atoms. The molecule has 0 aliphatic heterocycles. The summed E-state index contributed by atoms with van der Waals surface area (Å²) >= 11 is 0. The average molecular weight is 302 g/mol. The molecule has 0 aliphatic rings. The van der Waals surface area contributed by atoms with Crippen molar-refractivity contribution in [2.75, 3.05) is 23.7 Å². The lowest BCUT2D eigenvalue weighted by Crippen LogP contribution is -2.27. The maximum atomic E-state index is 12.3. The number of nitrogens with one attached hydrogen (secondary N) is 2. The minimum atomic E-state index is -2.77. The second-order valence-electron chi connectivity index (χ2n) is 4.92. The van der Waals surface area contributed by atoms with Crippen LogP contribution in [0.3, 0.4) is 0 Å². The highest BCUT2D eigenvalue weighted by Crippen LogP contribution is 2.21. The number of aryl methyl sites for hydroxylation is 1. The minimum Gasteiger partial charge on any atom is -0.385 e. The number of hydrogen-bond acceptors (Lipinski definition) is 5. The fourth-order valence-electron chi connectivity index (χ4n) is 1.78. The monoisotopic (exact) mass is 302 g/mol. The van der Waals surface area contributed by atoms with Gasteiger partial charge < -0.3 is 15.7 Å². The molecule has 7 heteroatoms. The molecule has 0 aliphatic carbocycles. The van der Waals surface area contributed by atoms with Crippen molar-refractivity contribution in [2.45, 2.75) is 52.6 Å². The van der Waals surface area contributed by atoms with Crippen molar-refractivity contribution in [1.29, 1.82) is 0 Å². The highest BCUT2D eigenvalue weighted by Gasteiger charge is 2.18. The predicted octanol–water partition coefficient (Wildman–Crippen LogP) is 2.60. The summed E-state index contributed by atoms with van der Waals surface area (Å²) < 4.78 is 24.7. The van der Waals surface area contributed by atoms with Gasteiger partial charge in [-0.25, -0.2) is 18.7 Å². The Kier molecular flexibility index (Phi) is 7.28. The summed E-state index contributed by atoms with van der Waals surface area (Å²) in [6.45, 7) is 6.44. The molecule has 1 aromatic heterocycles. The van der Waals surface area contributed by atoms with Crippen molar-refractivity contribution in [3.8, 4) is 0 Å². The highest BCUT2D eigenvalue weighted by molar-refractivity contribution is 5.57. The van der Waals surface area contributed by atoms with Crippen LogP contribution in [0.1, 0.15) is 38.1 Å². The predicted molar refractivity (Wildman–Crippen MR) is 80.0 cm³/mol. The Morgan fingerprint density at radius 2 is 1.71 bits per heavy atom. The Balaban J connectivity index is 2.91. The van der Waals surface area contributed by atoms with Crippen molar-refractivity contribution in [3.05, 3.63) is 11.4 Å². The quantitative estimate of drug-likeness (QED) is 0.654. The van der Waals surface area contributed by atoms with E-state index in [9.17, 15) is 13.9 Å². The third kappa shape index (κ3) is 5.41. The molecule has 120 valence electrons. The van der Waals surface area contributed by atoms with Gasteiger partial charge in [0.1, 0.15) is 23.6 Å². The lowest BCUT2D eigenvalue weighted by Gasteiger charge is -2.16. The third-order valence-electron chi connectivity index (χ3n) is 2.98. The third-order valence-corrected chi connectivity index (χ3v) is 2.98. The number of aliphatic hydroxyl groups excluding tert-OH is 1. The summed E-state index contributed by atoms with van der Waals surface area (Å²) in [6.07, 6.45) is -1.91. The summed E-state index contributed by atoms with van der Waals surface area (Å²) in [5.74, 6) is 1.87. The highest BCUT2D eigenvalue weighted by atomic mass is 19.3. The molecule has 1 heterocycles. The summed E-state index contributed by atoms with van der Waals surface area (Å²) in [4.78, 5) is 8.79. The Hall–Kier alpha value is -1.50. The number of anilines is 2. The van der Waals surface area contributed by atoms with E-state index in [-0.39, 0.29) is 6.54 Å². The van der Waals surface area contributed by atoms with E-state index in [0.29, 0.717) is 23.9 Å². The van der Waals surface area contributed by atoms with Crippen molar-refractivity contribution in [2.24, 2.45) is 0 Å². The van der Waals surface area contributed by atoms with E-state index in [0.717, 1.165) is 24.9 Å². The Labute approximate surface area is 124 Å². The Bertz CT molecular complexity index is 443. The summed E-state index contributed by atoms with van der Waals surface area (Å²) in [6, 6.07) is 0. The van der Waals surface area contributed by atoms with Gasteiger partial charge in [0.2, 0.25) is 0 Å². The largest absolute Gasteiger partial charge is 0.385 e. The van der Waals surface area contributed by atoms with E-state index in [1.54, 1.807) is 0 Å². The van der Waals surface area contributed by atoms with Crippen molar-refractivity contribution in [1.82, 2.24) is 9.97 Å². The molecule has 0 radical (unpaired) electrons. The first-order valence-corrected chi connectivity index (χ1v) is 7.31. The molecule has 5 nitrogen and oxygen atoms in total. The number of aromatic nitrogens is 2. The first-order chi connectivity index (χ1) is 9.99. The fourth-order valence-corrected chi connectivity index (χ4v) is 1.78. The van der Waals surface area contributed by atoms with E-state index in [2.05, 4.69) is 27.5 Å². The van der Waals surface area contributed by atoms with Crippen molar-refractivity contribution >= 4 is 11.6 Å². The van der Waals surface area contributed by atoms with Crippen LogP contribution in [-0.2, 0) is 6.42 Å². The number of alkyl halides is 2. The lowest BCUT2D eigenvalue weighted by atomic mass is 10.2. The van der Waals surface area contributed by atoms with Crippen molar-refractivity contribution in [3.63, 3.8) is 0 Å². The van der Waals surface area contributed by atoms with Gasteiger partial charge in [0.25, 0.3) is 6.43 Å². The van der Waals surface area contributed by atoms with E-state index in [1.165, 1.54) is 0 Å². The van der Waals surface area contributed by atoms with Crippen LogP contribution >= 0.6 is 0 Å². The molecule has 1 unspecified atom stereocenters. The van der Waals surface area contributed by atoms with E-state index in [1.807, 2.05) is 13.8 Å². The number of nitrogens with zero attached hydrogens (tertiary/aromatic N) is 2. The normalized spacial score (nSPS) is 12.5. The standard InChI is InChI=1S/C14H24F2N4O/c1-4-6-11-19-13(17-7-5-2)9(3)14(20-11)18-8-10(21)12(15)16/h10,12,21H,4-8H2,1-3H3,(H2,17,18,19,20). The van der Waals surface area contributed by atoms with Crippen LogP contribution in [0.2, 0.25) is 0 Å². The van der Waals surface area contributed by atoms with E-state index < -0.39 is 12.5 Å². The van der Waals surface area contributed by atoms with Gasteiger partial charge in [-0.3, -0.25) is 0 Å². The molecule has 1 atom stereocenters. The molecule has 1 aromatic rings. The van der Waals surface area contributed by atoms with Crippen LogP contribution in [0.15, 0.2) is 0 Å². The maximum Gasteiger partial charge on any atom is 0.265 e. The summed E-state index contributed by atoms with van der Waals surface area (Å²) in [5, 5.41) is 15.2. The molecule has 21 heavy (non-hydrogen) atoms. The van der Waals surface area contributed by atoms with Crippen LogP contribution in [-0.4, -0.2) is 40.7 Å². The van der Waals surface area contributed by atoms with E-state index >= 15 is 0 Å². The zero-order valence-electron chi connectivity index (χ0n) is 12.8. The second-order valence-corrected chi connectivity index (χ2v) is 4.92. The van der Waals surface area contributed by atoms with Gasteiger partial charge in [-0.2, -0.15) is 0 Å². The minimum absolute atomic E-state index is 0.242. The summed E-state index contributed by atoms with van der Waals surface area (Å²) in [7, 11) is 0. The van der Waals surface area contributed by atoms with Gasteiger partial charge in [0.15, 0.2) is 0 Å². The average Bonchev–Trinajstić information content (AvgIpc) is 2.45. The molecule has 0 saturated heterocycles. The first-order valence-electron chi connectivity index (χ1n) is 7.31. The van der Waals surface area contributed by atoms with Gasteiger partial charge in [-0.15, -0.1) is 0 Å². The number of rotatable bonds is 9. The van der Waals surface area contributed by atoms with Gasteiger partial charge >= 0.3 is 0 Å². The van der Waals surface area contributed by atoms with Gasteiger partial charge in [-0.1, -0.05) is 13.8 Å². The van der Waals surface area contributed by atoms with Crippen LogP contribution in [0.5, 0.6) is 0 Å². The SMILES string of the molecule is CCCNc1nc(CCC)nc(NCC(O)C(F)F)c1C. The number of hydrogen-bond donors (Lipinski definition) is 3. The maximum absolute atomic E-state index is 12.3. The Morgan fingerprint density at radius 3 is 2.24 bits per heavy atom. The summed E-state index contributed by atoms with van der Waals surface area (Å²) in [5.41, 5.74) is 0.768. The zero-order valence-corrected chi connectivity index (χ0v) is 12.8. The fraction of sp³-hybridized carbons (Fsp3) is 0.714. The van der Waals surface area contributed by atoms with Crippen LogP contribution < -0.4 is 10.6 Å².